The molecule has 1 aromatic carbocycles. The van der Waals surface area contributed by atoms with Gasteiger partial charge in [-0.05, 0) is 36.3 Å². The van der Waals surface area contributed by atoms with Crippen molar-refractivity contribution in [1.82, 2.24) is 20.5 Å². The van der Waals surface area contributed by atoms with Gasteiger partial charge in [-0.1, -0.05) is 10.3 Å². The van der Waals surface area contributed by atoms with Crippen molar-refractivity contribution in [2.45, 2.75) is 19.8 Å². The Morgan fingerprint density at radius 1 is 1.21 bits per heavy atom. The quantitative estimate of drug-likeness (QED) is 0.730. The topological polar surface area (TPSA) is 116 Å². The summed E-state index contributed by atoms with van der Waals surface area (Å²) in [6.07, 6.45) is 0.496. The first-order valence-corrected chi connectivity index (χ1v) is 7.21. The number of aromatic nitrogens is 4. The number of benzene rings is 1. The summed E-state index contributed by atoms with van der Waals surface area (Å²) in [6, 6.07) is 7.29. The Morgan fingerprint density at radius 3 is 2.67 bits per heavy atom. The summed E-state index contributed by atoms with van der Waals surface area (Å²) in [6.45, 7) is 1.69. The second-order valence-electron chi connectivity index (χ2n) is 4.99. The van der Waals surface area contributed by atoms with Gasteiger partial charge in [-0.25, -0.2) is 4.63 Å². The van der Waals surface area contributed by atoms with Gasteiger partial charge in [0, 0.05) is 18.4 Å². The van der Waals surface area contributed by atoms with E-state index >= 15 is 0 Å². The minimum Gasteiger partial charge on any atom is -0.497 e. The number of nitrogens with one attached hydrogen (secondary N) is 1. The molecule has 0 fully saturated rings. The summed E-state index contributed by atoms with van der Waals surface area (Å²) in [5.41, 5.74) is 1.32. The van der Waals surface area contributed by atoms with Crippen LogP contribution in [0.5, 0.6) is 5.75 Å². The second-order valence-corrected chi connectivity index (χ2v) is 4.99. The number of rotatable bonds is 6. The SMILES string of the molecule is COc1ccc(-c2noc(CCC(=O)Nc3nonc3C)n2)cc1. The summed E-state index contributed by atoms with van der Waals surface area (Å²) in [5, 5.41) is 13.7. The Balaban J connectivity index is 1.57. The Morgan fingerprint density at radius 2 is 2.00 bits per heavy atom. The third-order valence-corrected chi connectivity index (χ3v) is 3.29. The van der Waals surface area contributed by atoms with Crippen molar-refractivity contribution in [3.63, 3.8) is 0 Å². The predicted molar refractivity (Wildman–Crippen MR) is 82.3 cm³/mol. The standard InChI is InChI=1S/C15H15N5O4/c1-9-14(20-24-18-9)16-12(21)7-8-13-17-15(19-23-13)10-3-5-11(22-2)6-4-10/h3-6H,7-8H2,1-2H3,(H,16,20,21). The number of nitrogens with zero attached hydrogens (tertiary/aromatic N) is 4. The predicted octanol–water partition coefficient (Wildman–Crippen LogP) is 2.01. The molecule has 0 radical (unpaired) electrons. The lowest BCUT2D eigenvalue weighted by Gasteiger charge is -1.99. The maximum Gasteiger partial charge on any atom is 0.227 e. The van der Waals surface area contributed by atoms with Crippen molar-refractivity contribution >= 4 is 11.7 Å². The first-order valence-electron chi connectivity index (χ1n) is 7.21. The number of methoxy groups -OCH3 is 1. The molecule has 3 aromatic rings. The summed E-state index contributed by atoms with van der Waals surface area (Å²) >= 11 is 0. The Labute approximate surface area is 137 Å². The first-order chi connectivity index (χ1) is 11.7. The third kappa shape index (κ3) is 3.57. The van der Waals surface area contributed by atoms with Crippen LogP contribution in [0.25, 0.3) is 11.4 Å². The molecule has 9 nitrogen and oxygen atoms in total. The minimum absolute atomic E-state index is 0.177. The van der Waals surface area contributed by atoms with Crippen molar-refractivity contribution in [3.05, 3.63) is 35.9 Å². The highest BCUT2D eigenvalue weighted by Gasteiger charge is 2.13. The number of anilines is 1. The maximum atomic E-state index is 11.9. The molecule has 0 saturated heterocycles. The van der Waals surface area contributed by atoms with Gasteiger partial charge >= 0.3 is 0 Å². The molecule has 3 rings (SSSR count). The molecule has 0 unspecified atom stereocenters. The van der Waals surface area contributed by atoms with E-state index in [0.717, 1.165) is 11.3 Å². The number of hydrogen-bond donors (Lipinski definition) is 1. The molecule has 2 heterocycles. The van der Waals surface area contributed by atoms with Gasteiger partial charge in [-0.2, -0.15) is 4.98 Å². The van der Waals surface area contributed by atoms with E-state index in [9.17, 15) is 4.79 Å². The lowest BCUT2D eigenvalue weighted by atomic mass is 10.2. The summed E-state index contributed by atoms with van der Waals surface area (Å²) in [4.78, 5) is 16.1. The molecule has 0 aliphatic heterocycles. The van der Waals surface area contributed by atoms with Crippen LogP contribution in [-0.4, -0.2) is 33.5 Å². The van der Waals surface area contributed by atoms with Crippen molar-refractivity contribution < 1.29 is 18.7 Å². The van der Waals surface area contributed by atoms with Crippen LogP contribution in [0.1, 0.15) is 18.0 Å². The molecule has 0 spiro atoms. The van der Waals surface area contributed by atoms with Gasteiger partial charge in [-0.3, -0.25) is 4.79 Å². The molecule has 0 bridgehead atoms. The van der Waals surface area contributed by atoms with Gasteiger partial charge in [0.15, 0.2) is 5.82 Å². The highest BCUT2D eigenvalue weighted by Crippen LogP contribution is 2.20. The van der Waals surface area contributed by atoms with E-state index in [1.54, 1.807) is 14.0 Å². The third-order valence-electron chi connectivity index (χ3n) is 3.29. The highest BCUT2D eigenvalue weighted by molar-refractivity contribution is 5.90. The van der Waals surface area contributed by atoms with Crippen molar-refractivity contribution in [3.8, 4) is 17.1 Å². The molecule has 0 aliphatic rings. The molecular formula is C15H15N5O4. The monoisotopic (exact) mass is 329 g/mol. The van der Waals surface area contributed by atoms with E-state index in [0.29, 0.717) is 29.6 Å². The van der Waals surface area contributed by atoms with Gasteiger partial charge in [0.25, 0.3) is 0 Å². The largest absolute Gasteiger partial charge is 0.497 e. The Kier molecular flexibility index (Phi) is 4.50. The normalized spacial score (nSPS) is 10.6. The van der Waals surface area contributed by atoms with Gasteiger partial charge in [-0.15, -0.1) is 0 Å². The Bertz CT molecular complexity index is 825. The van der Waals surface area contributed by atoms with Crippen LogP contribution < -0.4 is 10.1 Å². The van der Waals surface area contributed by atoms with Gasteiger partial charge in [0.05, 0.1) is 7.11 Å². The van der Waals surface area contributed by atoms with E-state index in [2.05, 4.69) is 30.4 Å². The van der Waals surface area contributed by atoms with Crippen LogP contribution in [0.3, 0.4) is 0 Å². The van der Waals surface area contributed by atoms with Crippen molar-refractivity contribution in [2.75, 3.05) is 12.4 Å². The van der Waals surface area contributed by atoms with E-state index in [1.165, 1.54) is 0 Å². The van der Waals surface area contributed by atoms with Crippen molar-refractivity contribution in [1.29, 1.82) is 0 Å². The number of carbonyl (C=O) groups is 1. The lowest BCUT2D eigenvalue weighted by Crippen LogP contribution is -2.13. The number of carbonyl (C=O) groups excluding carboxylic acids is 1. The lowest BCUT2D eigenvalue weighted by molar-refractivity contribution is -0.116. The maximum absolute atomic E-state index is 11.9. The molecule has 2 aromatic heterocycles. The fourth-order valence-electron chi connectivity index (χ4n) is 1.97. The van der Waals surface area contributed by atoms with Gasteiger partial charge in [0.1, 0.15) is 11.4 Å². The zero-order chi connectivity index (χ0) is 16.9. The van der Waals surface area contributed by atoms with Crippen LogP contribution in [0, 0.1) is 6.92 Å². The van der Waals surface area contributed by atoms with Crippen LogP contribution in [0.2, 0.25) is 0 Å². The van der Waals surface area contributed by atoms with Gasteiger partial charge < -0.3 is 14.6 Å². The second kappa shape index (κ2) is 6.90. The summed E-state index contributed by atoms with van der Waals surface area (Å²) in [7, 11) is 1.60. The molecule has 1 N–H and O–H groups in total. The Hall–Kier alpha value is -3.23. The van der Waals surface area contributed by atoms with Crippen molar-refractivity contribution in [2.24, 2.45) is 0 Å². The van der Waals surface area contributed by atoms with E-state index in [4.69, 9.17) is 9.26 Å². The molecule has 9 heteroatoms. The first kappa shape index (κ1) is 15.7. The minimum atomic E-state index is -0.238. The average Bonchev–Trinajstić information content (AvgIpc) is 3.23. The summed E-state index contributed by atoms with van der Waals surface area (Å²) in [5.74, 6) is 1.66. The fraction of sp³-hybridized carbons (Fsp3) is 0.267. The molecular weight excluding hydrogens is 314 g/mol. The van der Waals surface area contributed by atoms with Crippen LogP contribution in [0.4, 0.5) is 5.82 Å². The van der Waals surface area contributed by atoms with Gasteiger partial charge in [0.2, 0.25) is 17.6 Å². The van der Waals surface area contributed by atoms with Crippen LogP contribution >= 0.6 is 0 Å². The molecule has 1 amide bonds. The number of amides is 1. The number of hydrogen-bond acceptors (Lipinski definition) is 8. The molecule has 0 saturated carbocycles. The van der Waals surface area contributed by atoms with Crippen LogP contribution in [0.15, 0.2) is 33.4 Å². The smallest absolute Gasteiger partial charge is 0.227 e. The zero-order valence-electron chi connectivity index (χ0n) is 13.1. The molecule has 0 atom stereocenters. The molecule has 124 valence electrons. The fourth-order valence-corrected chi connectivity index (χ4v) is 1.97. The number of aryl methyl sites for hydroxylation is 2. The van der Waals surface area contributed by atoms with Crippen LogP contribution in [-0.2, 0) is 11.2 Å². The molecule has 0 aliphatic carbocycles. The summed E-state index contributed by atoms with van der Waals surface area (Å²) < 4.78 is 14.8. The number of ether oxygens (including phenoxy) is 1. The molecule has 24 heavy (non-hydrogen) atoms. The van der Waals surface area contributed by atoms with E-state index in [1.807, 2.05) is 24.3 Å². The highest BCUT2D eigenvalue weighted by atomic mass is 16.6. The average molecular weight is 329 g/mol. The van der Waals surface area contributed by atoms with E-state index in [-0.39, 0.29) is 12.3 Å². The van der Waals surface area contributed by atoms with E-state index < -0.39 is 0 Å². The zero-order valence-corrected chi connectivity index (χ0v) is 13.1.